The van der Waals surface area contributed by atoms with Gasteiger partial charge in [-0.15, -0.1) is 0 Å². The lowest BCUT2D eigenvalue weighted by Crippen LogP contribution is -2.15. The second-order valence-electron chi connectivity index (χ2n) is 6.37. The fourth-order valence-corrected chi connectivity index (χ4v) is 2.52. The summed E-state index contributed by atoms with van der Waals surface area (Å²) in [6.45, 7) is 10.9. The van der Waals surface area contributed by atoms with Crippen molar-refractivity contribution in [3.63, 3.8) is 0 Å². The van der Waals surface area contributed by atoms with Crippen molar-refractivity contribution < 1.29 is 4.74 Å². The lowest BCUT2D eigenvalue weighted by atomic mass is 10.0. The van der Waals surface area contributed by atoms with Gasteiger partial charge in [-0.1, -0.05) is 49.9 Å². The Balaban J connectivity index is 1.85. The van der Waals surface area contributed by atoms with E-state index >= 15 is 0 Å². The summed E-state index contributed by atoms with van der Waals surface area (Å²) in [7, 11) is 1.93. The zero-order valence-corrected chi connectivity index (χ0v) is 15.2. The molecule has 3 heteroatoms. The van der Waals surface area contributed by atoms with Crippen LogP contribution in [0.5, 0.6) is 5.75 Å². The van der Waals surface area contributed by atoms with Gasteiger partial charge >= 0.3 is 0 Å². The average molecular weight is 324 g/mol. The molecule has 0 bridgehead atoms. The Kier molecular flexibility index (Phi) is 6.42. The van der Waals surface area contributed by atoms with Crippen LogP contribution in [0.3, 0.4) is 0 Å². The molecule has 0 saturated carbocycles. The van der Waals surface area contributed by atoms with Crippen molar-refractivity contribution in [3.8, 4) is 5.75 Å². The Bertz CT molecular complexity index is 715. The molecule has 0 radical (unpaired) electrons. The molecule has 2 rings (SSSR count). The van der Waals surface area contributed by atoms with Gasteiger partial charge in [0, 0.05) is 23.8 Å². The van der Waals surface area contributed by atoms with Crippen molar-refractivity contribution in [2.24, 2.45) is 11.0 Å². The maximum atomic E-state index is 6.00. The Morgan fingerprint density at radius 1 is 1.17 bits per heavy atom. The standard InChI is InChI=1S/C21H28N2O/c1-16(2)23(5)22-18(4)17(3)10-9-15-24-21-14-8-12-19-11-6-7-13-20(19)21/h6-8,11-14,17H,1,9-10,15H2,2-5H3/b22-18-. The van der Waals surface area contributed by atoms with Gasteiger partial charge in [0.25, 0.3) is 0 Å². The second-order valence-corrected chi connectivity index (χ2v) is 6.37. The molecule has 2 aromatic carbocycles. The number of allylic oxidation sites excluding steroid dienone is 1. The number of fused-ring (bicyclic) bond motifs is 1. The topological polar surface area (TPSA) is 24.8 Å². The van der Waals surface area contributed by atoms with Crippen molar-refractivity contribution in [1.82, 2.24) is 5.01 Å². The maximum Gasteiger partial charge on any atom is 0.127 e. The number of hydrogen-bond donors (Lipinski definition) is 0. The lowest BCUT2D eigenvalue weighted by molar-refractivity contribution is 0.305. The molecule has 0 spiro atoms. The molecular formula is C21H28N2O. The van der Waals surface area contributed by atoms with Crippen LogP contribution in [0.2, 0.25) is 0 Å². The normalized spacial score (nSPS) is 12.9. The zero-order valence-electron chi connectivity index (χ0n) is 15.2. The molecule has 0 saturated heterocycles. The van der Waals surface area contributed by atoms with Gasteiger partial charge in [0.2, 0.25) is 0 Å². The molecule has 2 aromatic rings. The van der Waals surface area contributed by atoms with Crippen LogP contribution in [0.15, 0.2) is 59.8 Å². The zero-order chi connectivity index (χ0) is 17.5. The van der Waals surface area contributed by atoms with E-state index < -0.39 is 0 Å². The third kappa shape index (κ3) is 4.85. The average Bonchev–Trinajstić information content (AvgIpc) is 2.58. The molecule has 0 aliphatic heterocycles. The molecule has 3 nitrogen and oxygen atoms in total. The molecule has 0 aliphatic carbocycles. The van der Waals surface area contributed by atoms with E-state index in [2.05, 4.69) is 55.9 Å². The number of hydrazone groups is 1. The highest BCUT2D eigenvalue weighted by molar-refractivity contribution is 5.88. The molecule has 1 atom stereocenters. The highest BCUT2D eigenvalue weighted by Gasteiger charge is 2.08. The fraction of sp³-hybridized carbons (Fsp3) is 0.381. The van der Waals surface area contributed by atoms with Crippen LogP contribution in [0, 0.1) is 5.92 Å². The summed E-state index contributed by atoms with van der Waals surface area (Å²) in [5, 5.41) is 8.79. The Labute approximate surface area is 145 Å². The first-order valence-electron chi connectivity index (χ1n) is 8.54. The van der Waals surface area contributed by atoms with Gasteiger partial charge in [-0.05, 0) is 44.1 Å². The van der Waals surface area contributed by atoms with Gasteiger partial charge in [-0.3, -0.25) is 5.01 Å². The first-order valence-corrected chi connectivity index (χ1v) is 8.54. The van der Waals surface area contributed by atoms with Gasteiger partial charge in [-0.2, -0.15) is 5.10 Å². The third-order valence-electron chi connectivity index (χ3n) is 4.36. The van der Waals surface area contributed by atoms with E-state index in [1.807, 2.05) is 31.1 Å². The number of hydrogen-bond acceptors (Lipinski definition) is 3. The van der Waals surface area contributed by atoms with Crippen LogP contribution in [-0.4, -0.2) is 24.4 Å². The monoisotopic (exact) mass is 324 g/mol. The van der Waals surface area contributed by atoms with E-state index in [9.17, 15) is 0 Å². The minimum Gasteiger partial charge on any atom is -0.493 e. The third-order valence-corrected chi connectivity index (χ3v) is 4.36. The van der Waals surface area contributed by atoms with Crippen molar-refractivity contribution in [2.75, 3.05) is 13.7 Å². The Morgan fingerprint density at radius 2 is 1.88 bits per heavy atom. The summed E-state index contributed by atoms with van der Waals surface area (Å²) in [5.41, 5.74) is 2.08. The van der Waals surface area contributed by atoms with E-state index in [0.717, 1.165) is 36.6 Å². The predicted octanol–water partition coefficient (Wildman–Crippen LogP) is 5.48. The van der Waals surface area contributed by atoms with Crippen molar-refractivity contribution >= 4 is 16.5 Å². The smallest absolute Gasteiger partial charge is 0.127 e. The molecule has 0 N–H and O–H groups in total. The summed E-state index contributed by atoms with van der Waals surface area (Å²) in [4.78, 5) is 0. The largest absolute Gasteiger partial charge is 0.493 e. The van der Waals surface area contributed by atoms with Crippen LogP contribution in [0.1, 0.15) is 33.6 Å². The number of nitrogens with zero attached hydrogens (tertiary/aromatic N) is 2. The highest BCUT2D eigenvalue weighted by atomic mass is 16.5. The van der Waals surface area contributed by atoms with Gasteiger partial charge in [0.15, 0.2) is 0 Å². The molecule has 0 amide bonds. The molecule has 0 heterocycles. The highest BCUT2D eigenvalue weighted by Crippen LogP contribution is 2.25. The summed E-state index contributed by atoms with van der Waals surface area (Å²) >= 11 is 0. The summed E-state index contributed by atoms with van der Waals surface area (Å²) in [6.07, 6.45) is 2.07. The van der Waals surface area contributed by atoms with Gasteiger partial charge < -0.3 is 4.74 Å². The molecule has 24 heavy (non-hydrogen) atoms. The van der Waals surface area contributed by atoms with E-state index in [4.69, 9.17) is 4.74 Å². The SMILES string of the molecule is C=C(C)N(C)/N=C(/C)C(C)CCCOc1cccc2ccccc12. The predicted molar refractivity (Wildman–Crippen MR) is 104 cm³/mol. The first kappa shape index (κ1) is 18.1. The van der Waals surface area contributed by atoms with E-state index in [0.29, 0.717) is 5.92 Å². The lowest BCUT2D eigenvalue weighted by Gasteiger charge is -2.17. The molecule has 0 aliphatic rings. The van der Waals surface area contributed by atoms with Gasteiger partial charge in [0.05, 0.1) is 6.61 Å². The summed E-state index contributed by atoms with van der Waals surface area (Å²) < 4.78 is 6.00. The van der Waals surface area contributed by atoms with E-state index in [1.165, 1.54) is 10.8 Å². The summed E-state index contributed by atoms with van der Waals surface area (Å²) in [5.74, 6) is 1.40. The van der Waals surface area contributed by atoms with Crippen LogP contribution < -0.4 is 4.74 Å². The molecule has 1 unspecified atom stereocenters. The van der Waals surface area contributed by atoms with Crippen molar-refractivity contribution in [1.29, 1.82) is 0 Å². The van der Waals surface area contributed by atoms with Crippen LogP contribution in [0.25, 0.3) is 10.8 Å². The minimum atomic E-state index is 0.433. The molecule has 0 aromatic heterocycles. The maximum absolute atomic E-state index is 6.00. The van der Waals surface area contributed by atoms with Gasteiger partial charge in [-0.25, -0.2) is 0 Å². The molecule has 0 fully saturated rings. The van der Waals surface area contributed by atoms with E-state index in [-0.39, 0.29) is 0 Å². The van der Waals surface area contributed by atoms with Crippen LogP contribution >= 0.6 is 0 Å². The second kappa shape index (κ2) is 8.53. The van der Waals surface area contributed by atoms with Crippen molar-refractivity contribution in [3.05, 3.63) is 54.7 Å². The van der Waals surface area contributed by atoms with Crippen LogP contribution in [-0.2, 0) is 0 Å². The number of ether oxygens (including phenoxy) is 1. The van der Waals surface area contributed by atoms with E-state index in [1.54, 1.807) is 0 Å². The quantitative estimate of drug-likeness (QED) is 0.365. The molecular weight excluding hydrogens is 296 g/mol. The van der Waals surface area contributed by atoms with Crippen LogP contribution in [0.4, 0.5) is 0 Å². The Morgan fingerprint density at radius 3 is 2.62 bits per heavy atom. The molecule has 128 valence electrons. The minimum absolute atomic E-state index is 0.433. The van der Waals surface area contributed by atoms with Gasteiger partial charge in [0.1, 0.15) is 5.75 Å². The first-order chi connectivity index (χ1) is 11.5. The number of benzene rings is 2. The number of rotatable bonds is 8. The Hall–Kier alpha value is -2.29. The van der Waals surface area contributed by atoms with Crippen molar-refractivity contribution in [2.45, 2.75) is 33.6 Å². The summed E-state index contributed by atoms with van der Waals surface area (Å²) in [6, 6.07) is 14.5. The fourth-order valence-electron chi connectivity index (χ4n) is 2.52.